The van der Waals surface area contributed by atoms with Gasteiger partial charge in [0, 0.05) is 17.0 Å². The highest BCUT2D eigenvalue weighted by atomic mass is 32.2. The maximum absolute atomic E-state index is 11.8. The van der Waals surface area contributed by atoms with Crippen LogP contribution in [0.15, 0.2) is 34.1 Å². The van der Waals surface area contributed by atoms with E-state index in [1.807, 2.05) is 25.1 Å². The Morgan fingerprint density at radius 1 is 1.22 bits per heavy atom. The molecule has 0 radical (unpaired) electrons. The van der Waals surface area contributed by atoms with Crippen LogP contribution in [0.3, 0.4) is 0 Å². The molecular weight excluding hydrogens is 246 g/mol. The van der Waals surface area contributed by atoms with Gasteiger partial charge in [-0.25, -0.2) is 0 Å². The second-order valence-electron chi connectivity index (χ2n) is 3.94. The Morgan fingerprint density at radius 2 is 2.06 bits per heavy atom. The summed E-state index contributed by atoms with van der Waals surface area (Å²) in [7, 11) is 0. The van der Waals surface area contributed by atoms with Gasteiger partial charge < -0.3 is 9.72 Å². The lowest BCUT2D eigenvalue weighted by molar-refractivity contribution is 0.333. The number of nitrogens with one attached hydrogen (secondary N) is 1. The molecular formula is C14H17NO2S. The van der Waals surface area contributed by atoms with Gasteiger partial charge in [-0.15, -0.1) is 11.8 Å². The molecule has 0 saturated heterocycles. The van der Waals surface area contributed by atoms with E-state index < -0.39 is 0 Å². The van der Waals surface area contributed by atoms with Crippen LogP contribution in [-0.4, -0.2) is 17.3 Å². The van der Waals surface area contributed by atoms with E-state index in [9.17, 15) is 4.79 Å². The van der Waals surface area contributed by atoms with Crippen LogP contribution in [0.1, 0.15) is 20.3 Å². The Bertz CT molecular complexity index is 592. The van der Waals surface area contributed by atoms with Crippen molar-refractivity contribution >= 4 is 22.5 Å². The molecule has 1 aromatic heterocycles. The molecule has 0 spiro atoms. The Hall–Kier alpha value is -1.42. The van der Waals surface area contributed by atoms with Gasteiger partial charge in [-0.2, -0.15) is 0 Å². The second-order valence-corrected chi connectivity index (χ2v) is 5.05. The van der Waals surface area contributed by atoms with Crippen LogP contribution in [0.25, 0.3) is 10.8 Å². The average Bonchev–Trinajstić information content (AvgIpc) is 2.38. The van der Waals surface area contributed by atoms with Crippen molar-refractivity contribution in [3.8, 4) is 5.75 Å². The van der Waals surface area contributed by atoms with E-state index >= 15 is 0 Å². The third kappa shape index (κ3) is 2.53. The van der Waals surface area contributed by atoms with Crippen LogP contribution in [0.5, 0.6) is 5.75 Å². The summed E-state index contributed by atoms with van der Waals surface area (Å²) in [5.74, 6) is 1.89. The Kier molecular flexibility index (Phi) is 4.31. The number of hydrogen-bond acceptors (Lipinski definition) is 3. The monoisotopic (exact) mass is 263 g/mol. The fourth-order valence-corrected chi connectivity index (χ4v) is 2.85. The molecule has 1 N–H and O–H groups in total. The molecule has 0 amide bonds. The minimum absolute atomic E-state index is 0.0473. The first kappa shape index (κ1) is 13.0. The van der Waals surface area contributed by atoms with E-state index in [4.69, 9.17) is 4.74 Å². The van der Waals surface area contributed by atoms with Crippen molar-refractivity contribution < 1.29 is 4.74 Å². The number of H-pyrrole nitrogens is 1. The predicted octanol–water partition coefficient (Wildman–Crippen LogP) is 3.43. The van der Waals surface area contributed by atoms with E-state index in [2.05, 4.69) is 11.9 Å². The number of aromatic amines is 1. The highest BCUT2D eigenvalue weighted by Gasteiger charge is 2.10. The largest absolute Gasteiger partial charge is 0.493 e. The van der Waals surface area contributed by atoms with Crippen molar-refractivity contribution in [2.45, 2.75) is 25.2 Å². The molecule has 2 rings (SSSR count). The van der Waals surface area contributed by atoms with Crippen molar-refractivity contribution in [1.29, 1.82) is 0 Å². The normalized spacial score (nSPS) is 10.8. The predicted molar refractivity (Wildman–Crippen MR) is 76.8 cm³/mol. The number of pyridine rings is 1. The SMILES string of the molecule is CCCSc1c(OCC)ccc2c(=O)[nH]ccc12. The van der Waals surface area contributed by atoms with Gasteiger partial charge in [0.15, 0.2) is 0 Å². The lowest BCUT2D eigenvalue weighted by Crippen LogP contribution is -2.05. The summed E-state index contributed by atoms with van der Waals surface area (Å²) in [4.78, 5) is 15.5. The number of fused-ring (bicyclic) bond motifs is 1. The number of rotatable bonds is 5. The lowest BCUT2D eigenvalue weighted by Gasteiger charge is -2.12. The van der Waals surface area contributed by atoms with Crippen LogP contribution in [0.2, 0.25) is 0 Å². The quantitative estimate of drug-likeness (QED) is 0.840. The number of benzene rings is 1. The van der Waals surface area contributed by atoms with Gasteiger partial charge >= 0.3 is 0 Å². The number of hydrogen-bond donors (Lipinski definition) is 1. The van der Waals surface area contributed by atoms with Gasteiger partial charge in [-0.1, -0.05) is 6.92 Å². The molecule has 0 aliphatic carbocycles. The summed E-state index contributed by atoms with van der Waals surface area (Å²) in [6.45, 7) is 4.75. The molecule has 4 heteroatoms. The van der Waals surface area contributed by atoms with E-state index in [-0.39, 0.29) is 5.56 Å². The molecule has 0 unspecified atom stereocenters. The number of aromatic nitrogens is 1. The van der Waals surface area contributed by atoms with Crippen LogP contribution < -0.4 is 10.3 Å². The maximum Gasteiger partial charge on any atom is 0.255 e. The summed E-state index contributed by atoms with van der Waals surface area (Å²) < 4.78 is 5.65. The first-order valence-corrected chi connectivity index (χ1v) is 7.16. The Balaban J connectivity index is 2.60. The molecule has 0 saturated carbocycles. The summed E-state index contributed by atoms with van der Waals surface area (Å²) in [6, 6.07) is 5.66. The lowest BCUT2D eigenvalue weighted by atomic mass is 10.1. The topological polar surface area (TPSA) is 42.1 Å². The van der Waals surface area contributed by atoms with Gasteiger partial charge in [-0.05, 0) is 37.3 Å². The summed E-state index contributed by atoms with van der Waals surface area (Å²) in [6.07, 6.45) is 2.78. The third-order valence-corrected chi connectivity index (χ3v) is 3.94. The van der Waals surface area contributed by atoms with Crippen LogP contribution >= 0.6 is 11.8 Å². The molecule has 0 fully saturated rings. The third-order valence-electron chi connectivity index (χ3n) is 2.62. The van der Waals surface area contributed by atoms with Gasteiger partial charge in [0.05, 0.1) is 11.5 Å². The van der Waals surface area contributed by atoms with Crippen molar-refractivity contribution in [1.82, 2.24) is 4.98 Å². The molecule has 0 atom stereocenters. The molecule has 96 valence electrons. The Morgan fingerprint density at radius 3 is 2.78 bits per heavy atom. The van der Waals surface area contributed by atoms with Gasteiger partial charge in [0.1, 0.15) is 5.75 Å². The van der Waals surface area contributed by atoms with E-state index in [0.717, 1.165) is 33.6 Å². The highest BCUT2D eigenvalue weighted by molar-refractivity contribution is 7.99. The highest BCUT2D eigenvalue weighted by Crippen LogP contribution is 2.35. The van der Waals surface area contributed by atoms with E-state index in [0.29, 0.717) is 6.61 Å². The first-order chi connectivity index (χ1) is 8.77. The van der Waals surface area contributed by atoms with Gasteiger partial charge in [0.25, 0.3) is 5.56 Å². The van der Waals surface area contributed by atoms with Crippen LogP contribution in [0.4, 0.5) is 0 Å². The molecule has 0 aliphatic rings. The zero-order valence-corrected chi connectivity index (χ0v) is 11.5. The maximum atomic E-state index is 11.8. The minimum atomic E-state index is -0.0473. The van der Waals surface area contributed by atoms with Crippen molar-refractivity contribution in [2.24, 2.45) is 0 Å². The molecule has 0 bridgehead atoms. The minimum Gasteiger partial charge on any atom is -0.493 e. The number of ether oxygens (including phenoxy) is 1. The van der Waals surface area contributed by atoms with Crippen LogP contribution in [-0.2, 0) is 0 Å². The Labute approximate surface area is 111 Å². The second kappa shape index (κ2) is 5.96. The standard InChI is InChI=1S/C14H17NO2S/c1-3-9-18-13-10-7-8-15-14(16)11(10)5-6-12(13)17-4-2/h5-8H,3-4,9H2,1-2H3,(H,15,16). The molecule has 0 aliphatic heterocycles. The summed E-state index contributed by atoms with van der Waals surface area (Å²) >= 11 is 1.75. The van der Waals surface area contributed by atoms with Crippen molar-refractivity contribution in [3.05, 3.63) is 34.7 Å². The average molecular weight is 263 g/mol. The van der Waals surface area contributed by atoms with Crippen molar-refractivity contribution in [3.63, 3.8) is 0 Å². The van der Waals surface area contributed by atoms with E-state index in [1.165, 1.54) is 0 Å². The fourth-order valence-electron chi connectivity index (χ4n) is 1.84. The fraction of sp³-hybridized carbons (Fsp3) is 0.357. The van der Waals surface area contributed by atoms with Gasteiger partial charge in [0.2, 0.25) is 0 Å². The zero-order valence-electron chi connectivity index (χ0n) is 10.7. The van der Waals surface area contributed by atoms with Crippen LogP contribution in [0, 0.1) is 0 Å². The zero-order chi connectivity index (χ0) is 13.0. The summed E-state index contributed by atoms with van der Waals surface area (Å²) in [5.41, 5.74) is -0.0473. The first-order valence-electron chi connectivity index (χ1n) is 6.18. The van der Waals surface area contributed by atoms with E-state index in [1.54, 1.807) is 18.0 Å². The smallest absolute Gasteiger partial charge is 0.255 e. The van der Waals surface area contributed by atoms with Crippen molar-refractivity contribution in [2.75, 3.05) is 12.4 Å². The molecule has 1 aromatic carbocycles. The molecule has 1 heterocycles. The summed E-state index contributed by atoms with van der Waals surface area (Å²) in [5, 5.41) is 1.70. The molecule has 18 heavy (non-hydrogen) atoms. The molecule has 2 aromatic rings. The molecule has 3 nitrogen and oxygen atoms in total. The van der Waals surface area contributed by atoms with Gasteiger partial charge in [-0.3, -0.25) is 4.79 Å². The number of thioether (sulfide) groups is 1.